The van der Waals surface area contributed by atoms with Gasteiger partial charge in [-0.25, -0.2) is 0 Å². The Morgan fingerprint density at radius 2 is 2.35 bits per heavy atom. The van der Waals surface area contributed by atoms with Crippen LogP contribution in [0.2, 0.25) is 0 Å². The summed E-state index contributed by atoms with van der Waals surface area (Å²) in [6.07, 6.45) is 2.71. The van der Waals surface area contributed by atoms with Crippen LogP contribution < -0.4 is 10.2 Å². The van der Waals surface area contributed by atoms with Gasteiger partial charge in [-0.3, -0.25) is 0 Å². The maximum absolute atomic E-state index is 5.45. The molecule has 0 amide bonds. The molecule has 1 N–H and O–H groups in total. The van der Waals surface area contributed by atoms with E-state index in [0.717, 1.165) is 39.0 Å². The fraction of sp³-hybridized carbons (Fsp3) is 0.571. The number of rotatable bonds is 2. The zero-order chi connectivity index (χ0) is 11.7. The Morgan fingerprint density at radius 1 is 1.41 bits per heavy atom. The van der Waals surface area contributed by atoms with Crippen molar-refractivity contribution in [2.75, 3.05) is 31.6 Å². The highest BCUT2D eigenvalue weighted by atomic mass is 16.5. The van der Waals surface area contributed by atoms with Crippen molar-refractivity contribution in [2.24, 2.45) is 0 Å². The van der Waals surface area contributed by atoms with E-state index >= 15 is 0 Å². The zero-order valence-corrected chi connectivity index (χ0v) is 10.4. The van der Waals surface area contributed by atoms with Gasteiger partial charge < -0.3 is 15.0 Å². The van der Waals surface area contributed by atoms with Crippen molar-refractivity contribution in [1.29, 1.82) is 0 Å². The van der Waals surface area contributed by atoms with Crippen molar-refractivity contribution in [3.05, 3.63) is 29.3 Å². The second-order valence-corrected chi connectivity index (χ2v) is 4.93. The first kappa shape index (κ1) is 11.1. The molecule has 1 aromatic rings. The van der Waals surface area contributed by atoms with Crippen LogP contribution in [0.5, 0.6) is 0 Å². The standard InChI is InChI=1S/C14H20N2O/c1-17-12-6-8-16(10-12)14-4-2-3-11-9-15-7-5-13(11)14/h2-4,12,15H,5-10H2,1H3. The summed E-state index contributed by atoms with van der Waals surface area (Å²) in [5.74, 6) is 0. The number of ether oxygens (including phenoxy) is 1. The molecule has 0 spiro atoms. The van der Waals surface area contributed by atoms with E-state index in [2.05, 4.69) is 28.4 Å². The molecule has 17 heavy (non-hydrogen) atoms. The highest BCUT2D eigenvalue weighted by Gasteiger charge is 2.25. The second kappa shape index (κ2) is 4.67. The highest BCUT2D eigenvalue weighted by Crippen LogP contribution is 2.29. The van der Waals surface area contributed by atoms with Gasteiger partial charge in [0.2, 0.25) is 0 Å². The third-order valence-corrected chi connectivity index (χ3v) is 3.93. The molecule has 0 aliphatic carbocycles. The molecule has 3 nitrogen and oxygen atoms in total. The van der Waals surface area contributed by atoms with Crippen molar-refractivity contribution in [3.63, 3.8) is 0 Å². The lowest BCUT2D eigenvalue weighted by molar-refractivity contribution is 0.121. The monoisotopic (exact) mass is 232 g/mol. The Labute approximate surface area is 103 Å². The smallest absolute Gasteiger partial charge is 0.0762 e. The van der Waals surface area contributed by atoms with Gasteiger partial charge >= 0.3 is 0 Å². The molecule has 0 radical (unpaired) electrons. The second-order valence-electron chi connectivity index (χ2n) is 4.93. The number of fused-ring (bicyclic) bond motifs is 1. The molecular weight excluding hydrogens is 212 g/mol. The van der Waals surface area contributed by atoms with E-state index in [1.54, 1.807) is 5.56 Å². The van der Waals surface area contributed by atoms with Crippen LogP contribution in [0.1, 0.15) is 17.5 Å². The van der Waals surface area contributed by atoms with E-state index in [1.165, 1.54) is 11.3 Å². The molecule has 2 aliphatic rings. The molecule has 1 atom stereocenters. The molecule has 3 rings (SSSR count). The number of nitrogens with one attached hydrogen (secondary N) is 1. The van der Waals surface area contributed by atoms with Crippen molar-refractivity contribution in [3.8, 4) is 0 Å². The third kappa shape index (κ3) is 2.05. The number of benzene rings is 1. The van der Waals surface area contributed by atoms with Crippen LogP contribution in [-0.2, 0) is 17.7 Å². The number of methoxy groups -OCH3 is 1. The number of hydrogen-bond donors (Lipinski definition) is 1. The summed E-state index contributed by atoms with van der Waals surface area (Å²) >= 11 is 0. The summed E-state index contributed by atoms with van der Waals surface area (Å²) in [5.41, 5.74) is 4.45. The van der Waals surface area contributed by atoms with Crippen LogP contribution in [0.25, 0.3) is 0 Å². The Balaban J connectivity index is 1.88. The molecule has 1 saturated heterocycles. The molecule has 1 aromatic carbocycles. The van der Waals surface area contributed by atoms with Gasteiger partial charge in [-0.15, -0.1) is 0 Å². The largest absolute Gasteiger partial charge is 0.380 e. The van der Waals surface area contributed by atoms with Crippen molar-refractivity contribution in [2.45, 2.75) is 25.5 Å². The number of anilines is 1. The molecule has 2 aliphatic heterocycles. The Kier molecular flexibility index (Phi) is 3.04. The van der Waals surface area contributed by atoms with E-state index in [9.17, 15) is 0 Å². The predicted octanol–water partition coefficient (Wildman–Crippen LogP) is 1.56. The first-order valence-corrected chi connectivity index (χ1v) is 6.47. The minimum atomic E-state index is 0.410. The van der Waals surface area contributed by atoms with Gasteiger partial charge in [0.1, 0.15) is 0 Å². The number of hydrogen-bond acceptors (Lipinski definition) is 3. The van der Waals surface area contributed by atoms with Crippen LogP contribution in [-0.4, -0.2) is 32.8 Å². The van der Waals surface area contributed by atoms with E-state index < -0.39 is 0 Å². The number of nitrogens with zero attached hydrogens (tertiary/aromatic N) is 1. The molecule has 0 bridgehead atoms. The van der Waals surface area contributed by atoms with Gasteiger partial charge in [0.25, 0.3) is 0 Å². The SMILES string of the molecule is COC1CCN(c2cccc3c2CCNC3)C1. The average Bonchev–Trinajstić information content (AvgIpc) is 2.87. The van der Waals surface area contributed by atoms with Crippen LogP contribution in [0.4, 0.5) is 5.69 Å². The first-order valence-electron chi connectivity index (χ1n) is 6.47. The van der Waals surface area contributed by atoms with E-state index in [-0.39, 0.29) is 0 Å². The molecule has 1 unspecified atom stereocenters. The van der Waals surface area contributed by atoms with E-state index in [4.69, 9.17) is 4.74 Å². The normalized spacial score (nSPS) is 23.8. The third-order valence-electron chi connectivity index (χ3n) is 3.93. The summed E-state index contributed by atoms with van der Waals surface area (Å²) in [7, 11) is 1.82. The minimum absolute atomic E-state index is 0.410. The van der Waals surface area contributed by atoms with Crippen molar-refractivity contribution in [1.82, 2.24) is 5.32 Å². The summed E-state index contributed by atoms with van der Waals surface area (Å²) < 4.78 is 5.45. The van der Waals surface area contributed by atoms with Gasteiger partial charge in [0, 0.05) is 32.4 Å². The van der Waals surface area contributed by atoms with E-state index in [0.29, 0.717) is 6.10 Å². The summed E-state index contributed by atoms with van der Waals surface area (Å²) in [6, 6.07) is 6.69. The lowest BCUT2D eigenvalue weighted by atomic mass is 9.98. The molecule has 3 heteroatoms. The summed E-state index contributed by atoms with van der Waals surface area (Å²) in [5, 5.41) is 3.44. The van der Waals surface area contributed by atoms with Gasteiger partial charge in [-0.2, -0.15) is 0 Å². The minimum Gasteiger partial charge on any atom is -0.380 e. The van der Waals surface area contributed by atoms with Crippen molar-refractivity contribution >= 4 is 5.69 Å². The van der Waals surface area contributed by atoms with Crippen LogP contribution in [0.15, 0.2) is 18.2 Å². The summed E-state index contributed by atoms with van der Waals surface area (Å²) in [4.78, 5) is 2.48. The molecule has 92 valence electrons. The van der Waals surface area contributed by atoms with Gasteiger partial charge in [0.15, 0.2) is 0 Å². The first-order chi connectivity index (χ1) is 8.38. The van der Waals surface area contributed by atoms with Crippen LogP contribution in [0, 0.1) is 0 Å². The Bertz CT molecular complexity index is 405. The average molecular weight is 232 g/mol. The maximum atomic E-state index is 5.45. The predicted molar refractivity (Wildman–Crippen MR) is 69.5 cm³/mol. The molecule has 2 heterocycles. The maximum Gasteiger partial charge on any atom is 0.0762 e. The lowest BCUT2D eigenvalue weighted by Gasteiger charge is -2.26. The van der Waals surface area contributed by atoms with Crippen LogP contribution in [0.3, 0.4) is 0 Å². The quantitative estimate of drug-likeness (QED) is 0.837. The van der Waals surface area contributed by atoms with Gasteiger partial charge in [-0.05, 0) is 36.6 Å². The lowest BCUT2D eigenvalue weighted by Crippen LogP contribution is -2.28. The van der Waals surface area contributed by atoms with Gasteiger partial charge in [-0.1, -0.05) is 12.1 Å². The Hall–Kier alpha value is -1.06. The molecule has 0 aromatic heterocycles. The highest BCUT2D eigenvalue weighted by molar-refractivity contribution is 5.58. The van der Waals surface area contributed by atoms with Crippen molar-refractivity contribution < 1.29 is 4.74 Å². The molecular formula is C14H20N2O. The van der Waals surface area contributed by atoms with Crippen LogP contribution >= 0.6 is 0 Å². The topological polar surface area (TPSA) is 24.5 Å². The zero-order valence-electron chi connectivity index (χ0n) is 10.4. The summed E-state index contributed by atoms with van der Waals surface area (Å²) in [6.45, 7) is 4.29. The van der Waals surface area contributed by atoms with Gasteiger partial charge in [0.05, 0.1) is 6.10 Å². The molecule has 0 saturated carbocycles. The Morgan fingerprint density at radius 3 is 3.18 bits per heavy atom. The van der Waals surface area contributed by atoms with E-state index in [1.807, 2.05) is 7.11 Å². The molecule has 1 fully saturated rings. The fourth-order valence-corrected chi connectivity index (χ4v) is 2.95. The fourth-order valence-electron chi connectivity index (χ4n) is 2.95.